The van der Waals surface area contributed by atoms with Gasteiger partial charge in [0.05, 0.1) is 0 Å². The summed E-state index contributed by atoms with van der Waals surface area (Å²) < 4.78 is 5.45. The lowest BCUT2D eigenvalue weighted by atomic mass is 9.96. The van der Waals surface area contributed by atoms with Gasteiger partial charge in [-0.05, 0) is 43.5 Å². The Bertz CT molecular complexity index is 913. The molecule has 8 nitrogen and oxygen atoms in total. The van der Waals surface area contributed by atoms with Crippen molar-refractivity contribution < 1.29 is 14.3 Å². The highest BCUT2D eigenvalue weighted by Crippen LogP contribution is 2.27. The van der Waals surface area contributed by atoms with E-state index in [1.165, 1.54) is 6.92 Å². The molecule has 1 aromatic carbocycles. The van der Waals surface area contributed by atoms with Crippen molar-refractivity contribution in [3.8, 4) is 0 Å². The second-order valence-electron chi connectivity index (χ2n) is 7.84. The van der Waals surface area contributed by atoms with E-state index in [9.17, 15) is 9.59 Å². The van der Waals surface area contributed by atoms with Gasteiger partial charge >= 0.3 is 0 Å². The third kappa shape index (κ3) is 4.94. The molecule has 1 unspecified atom stereocenters. The number of ether oxygens (including phenoxy) is 1. The van der Waals surface area contributed by atoms with E-state index < -0.39 is 0 Å². The van der Waals surface area contributed by atoms with Crippen molar-refractivity contribution in [2.24, 2.45) is 0 Å². The van der Waals surface area contributed by atoms with Crippen LogP contribution in [0.15, 0.2) is 36.5 Å². The van der Waals surface area contributed by atoms with Crippen LogP contribution in [0.4, 0.5) is 11.6 Å². The standard InChI is InChI=1S/C22H27N5O3/c1-15(28)24-18-4-2-3-17(13-18)21(29)25-19-6-10-27(14-19)22-23-9-5-20(26-22)16-7-11-30-12-8-16/h2-5,9,13,16,19H,6-8,10-12,14H2,1H3,(H,24,28)(H,25,29). The molecule has 8 heteroatoms. The van der Waals surface area contributed by atoms with E-state index in [4.69, 9.17) is 9.72 Å². The molecule has 2 aliphatic rings. The van der Waals surface area contributed by atoms with Crippen molar-refractivity contribution in [2.45, 2.75) is 38.1 Å². The normalized spacial score (nSPS) is 19.5. The summed E-state index contributed by atoms with van der Waals surface area (Å²) in [6, 6.07) is 8.97. The summed E-state index contributed by atoms with van der Waals surface area (Å²) >= 11 is 0. The topological polar surface area (TPSA) is 96.5 Å². The van der Waals surface area contributed by atoms with Gasteiger partial charge in [-0.25, -0.2) is 9.97 Å². The number of hydrogen-bond donors (Lipinski definition) is 2. The number of nitrogens with zero attached hydrogens (tertiary/aromatic N) is 3. The van der Waals surface area contributed by atoms with E-state index in [2.05, 4.69) is 20.5 Å². The molecule has 2 aromatic rings. The fraction of sp³-hybridized carbons (Fsp3) is 0.455. The number of anilines is 2. The second kappa shape index (κ2) is 9.21. The number of benzene rings is 1. The Hall–Kier alpha value is -3.00. The summed E-state index contributed by atoms with van der Waals surface area (Å²) in [7, 11) is 0. The zero-order valence-electron chi connectivity index (χ0n) is 17.1. The van der Waals surface area contributed by atoms with E-state index >= 15 is 0 Å². The van der Waals surface area contributed by atoms with Gasteiger partial charge in [0, 0.05) is 68.3 Å². The molecule has 2 fully saturated rings. The Morgan fingerprint density at radius 1 is 1.17 bits per heavy atom. The molecule has 1 aromatic heterocycles. The number of aromatic nitrogens is 2. The van der Waals surface area contributed by atoms with E-state index in [0.29, 0.717) is 23.7 Å². The summed E-state index contributed by atoms with van der Waals surface area (Å²) in [6.07, 6.45) is 4.65. The molecule has 2 saturated heterocycles. The van der Waals surface area contributed by atoms with Crippen molar-refractivity contribution in [2.75, 3.05) is 36.5 Å². The van der Waals surface area contributed by atoms with Gasteiger partial charge in [-0.3, -0.25) is 9.59 Å². The molecule has 2 N–H and O–H groups in total. The predicted octanol–water partition coefficient (Wildman–Crippen LogP) is 2.34. The number of rotatable bonds is 5. The molecular formula is C22H27N5O3. The summed E-state index contributed by atoms with van der Waals surface area (Å²) in [5.41, 5.74) is 2.21. The predicted molar refractivity (Wildman–Crippen MR) is 114 cm³/mol. The highest BCUT2D eigenvalue weighted by Gasteiger charge is 2.27. The molecule has 0 aliphatic carbocycles. The van der Waals surface area contributed by atoms with Gasteiger partial charge < -0.3 is 20.3 Å². The van der Waals surface area contributed by atoms with Crippen molar-refractivity contribution >= 4 is 23.5 Å². The van der Waals surface area contributed by atoms with Gasteiger partial charge in [-0.15, -0.1) is 0 Å². The van der Waals surface area contributed by atoms with Crippen LogP contribution in [-0.4, -0.2) is 54.1 Å². The number of amides is 2. The third-order valence-electron chi connectivity index (χ3n) is 5.56. The van der Waals surface area contributed by atoms with E-state index in [1.807, 2.05) is 12.3 Å². The first-order valence-corrected chi connectivity index (χ1v) is 10.4. The molecule has 0 saturated carbocycles. The fourth-order valence-corrected chi connectivity index (χ4v) is 4.00. The minimum absolute atomic E-state index is 0.0252. The monoisotopic (exact) mass is 409 g/mol. The highest BCUT2D eigenvalue weighted by molar-refractivity contribution is 5.97. The van der Waals surface area contributed by atoms with Crippen LogP contribution in [0, 0.1) is 0 Å². The second-order valence-corrected chi connectivity index (χ2v) is 7.84. The number of nitrogens with one attached hydrogen (secondary N) is 2. The summed E-state index contributed by atoms with van der Waals surface area (Å²) in [4.78, 5) is 35.3. The maximum Gasteiger partial charge on any atom is 0.251 e. The molecular weight excluding hydrogens is 382 g/mol. The van der Waals surface area contributed by atoms with E-state index in [-0.39, 0.29) is 17.9 Å². The first kappa shape index (κ1) is 20.3. The molecule has 4 rings (SSSR count). The Morgan fingerprint density at radius 2 is 2.00 bits per heavy atom. The van der Waals surface area contributed by atoms with Gasteiger partial charge in [0.15, 0.2) is 0 Å². The fourth-order valence-electron chi connectivity index (χ4n) is 4.00. The van der Waals surface area contributed by atoms with Gasteiger partial charge in [0.2, 0.25) is 11.9 Å². The van der Waals surface area contributed by atoms with Crippen LogP contribution in [0.3, 0.4) is 0 Å². The molecule has 0 radical (unpaired) electrons. The molecule has 0 spiro atoms. The largest absolute Gasteiger partial charge is 0.381 e. The van der Waals surface area contributed by atoms with Crippen LogP contribution >= 0.6 is 0 Å². The average Bonchev–Trinajstić information content (AvgIpc) is 3.23. The molecule has 3 heterocycles. The highest BCUT2D eigenvalue weighted by atomic mass is 16.5. The first-order valence-electron chi connectivity index (χ1n) is 10.4. The molecule has 0 bridgehead atoms. The molecule has 1 atom stereocenters. The van der Waals surface area contributed by atoms with Crippen LogP contribution in [0.2, 0.25) is 0 Å². The number of carbonyl (C=O) groups excluding carboxylic acids is 2. The molecule has 30 heavy (non-hydrogen) atoms. The Morgan fingerprint density at radius 3 is 2.80 bits per heavy atom. The zero-order valence-corrected chi connectivity index (χ0v) is 17.1. The average molecular weight is 409 g/mol. The van der Waals surface area contributed by atoms with Gasteiger partial charge in [-0.2, -0.15) is 0 Å². The Balaban J connectivity index is 1.37. The lowest BCUT2D eigenvalue weighted by molar-refractivity contribution is -0.114. The minimum atomic E-state index is -0.165. The Kier molecular flexibility index (Phi) is 6.23. The van der Waals surface area contributed by atoms with E-state index in [0.717, 1.165) is 50.7 Å². The summed E-state index contributed by atoms with van der Waals surface area (Å²) in [5.74, 6) is 0.839. The first-order chi connectivity index (χ1) is 14.6. The maximum atomic E-state index is 12.7. The molecule has 158 valence electrons. The molecule has 2 aliphatic heterocycles. The lowest BCUT2D eigenvalue weighted by Crippen LogP contribution is -2.37. The minimum Gasteiger partial charge on any atom is -0.381 e. The van der Waals surface area contributed by atoms with Crippen LogP contribution in [-0.2, 0) is 9.53 Å². The number of carbonyl (C=O) groups is 2. The SMILES string of the molecule is CC(=O)Nc1cccc(C(=O)NC2CCN(c3nccc(C4CCOCC4)n3)C2)c1. The zero-order chi connectivity index (χ0) is 20.9. The van der Waals surface area contributed by atoms with Crippen molar-refractivity contribution in [3.63, 3.8) is 0 Å². The molecule has 2 amide bonds. The van der Waals surface area contributed by atoms with Gasteiger partial charge in [0.25, 0.3) is 5.91 Å². The number of hydrogen-bond acceptors (Lipinski definition) is 6. The third-order valence-corrected chi connectivity index (χ3v) is 5.56. The van der Waals surface area contributed by atoms with Crippen LogP contribution in [0.1, 0.15) is 48.2 Å². The lowest BCUT2D eigenvalue weighted by Gasteiger charge is -2.23. The van der Waals surface area contributed by atoms with Gasteiger partial charge in [-0.1, -0.05) is 6.07 Å². The van der Waals surface area contributed by atoms with Crippen LogP contribution in [0.25, 0.3) is 0 Å². The smallest absolute Gasteiger partial charge is 0.251 e. The van der Waals surface area contributed by atoms with Gasteiger partial charge in [0.1, 0.15) is 0 Å². The Labute approximate surface area is 176 Å². The summed E-state index contributed by atoms with van der Waals surface area (Å²) in [6.45, 7) is 4.48. The van der Waals surface area contributed by atoms with E-state index in [1.54, 1.807) is 24.3 Å². The van der Waals surface area contributed by atoms with Crippen molar-refractivity contribution in [3.05, 3.63) is 47.8 Å². The van der Waals surface area contributed by atoms with Crippen molar-refractivity contribution in [1.29, 1.82) is 0 Å². The maximum absolute atomic E-state index is 12.7. The van der Waals surface area contributed by atoms with Crippen LogP contribution < -0.4 is 15.5 Å². The van der Waals surface area contributed by atoms with Crippen molar-refractivity contribution in [1.82, 2.24) is 15.3 Å². The summed E-state index contributed by atoms with van der Waals surface area (Å²) in [5, 5.41) is 5.79. The van der Waals surface area contributed by atoms with Crippen LogP contribution in [0.5, 0.6) is 0 Å². The quantitative estimate of drug-likeness (QED) is 0.787.